The molecule has 0 N–H and O–H groups in total. The molecule has 0 radical (unpaired) electrons. The number of carbonyl (C=O) groups is 1. The van der Waals surface area contributed by atoms with E-state index in [9.17, 15) is 4.79 Å². The van der Waals surface area contributed by atoms with Gasteiger partial charge >= 0.3 is 5.97 Å². The highest BCUT2D eigenvalue weighted by molar-refractivity contribution is 7.99. The Balaban J connectivity index is 2.07. The second-order valence-corrected chi connectivity index (χ2v) is 5.85. The highest BCUT2D eigenvalue weighted by atomic mass is 32.2. The zero-order chi connectivity index (χ0) is 14.4. The van der Waals surface area contributed by atoms with Gasteiger partial charge in [0, 0.05) is 17.1 Å². The molecular formula is C16H20O3S. The summed E-state index contributed by atoms with van der Waals surface area (Å²) in [7, 11) is 3.13. The number of carbonyl (C=O) groups excluding carboxylic acids is 1. The maximum absolute atomic E-state index is 11.2. The molecule has 3 nitrogen and oxygen atoms in total. The molecule has 0 aromatic heterocycles. The lowest BCUT2D eigenvalue weighted by Crippen LogP contribution is -2.02. The number of thioether (sulfide) groups is 1. The SMILES string of the molecule is COC(=O)CC/C1=C/Cc2cc(OC)ccc2SCC1. The molecule has 0 aliphatic carbocycles. The predicted octanol–water partition coefficient (Wildman–Crippen LogP) is 3.61. The van der Waals surface area contributed by atoms with E-state index in [1.165, 1.54) is 23.1 Å². The molecule has 108 valence electrons. The molecule has 1 aliphatic heterocycles. The summed E-state index contributed by atoms with van der Waals surface area (Å²) < 4.78 is 9.98. The molecule has 4 heteroatoms. The summed E-state index contributed by atoms with van der Waals surface area (Å²) >= 11 is 1.87. The van der Waals surface area contributed by atoms with E-state index in [0.29, 0.717) is 6.42 Å². The molecule has 0 saturated heterocycles. The van der Waals surface area contributed by atoms with Crippen LogP contribution in [-0.4, -0.2) is 25.9 Å². The van der Waals surface area contributed by atoms with E-state index < -0.39 is 0 Å². The number of allylic oxidation sites excluding steroid dienone is 2. The quantitative estimate of drug-likeness (QED) is 0.627. The van der Waals surface area contributed by atoms with Gasteiger partial charge in [0.05, 0.1) is 14.2 Å². The molecule has 0 fully saturated rings. The summed E-state index contributed by atoms with van der Waals surface area (Å²) in [6.07, 6.45) is 5.45. The summed E-state index contributed by atoms with van der Waals surface area (Å²) in [5.41, 5.74) is 2.64. The van der Waals surface area contributed by atoms with Crippen LogP contribution in [0.25, 0.3) is 0 Å². The maximum atomic E-state index is 11.2. The van der Waals surface area contributed by atoms with Gasteiger partial charge in [-0.05, 0) is 43.0 Å². The lowest BCUT2D eigenvalue weighted by atomic mass is 10.0. The van der Waals surface area contributed by atoms with Gasteiger partial charge in [-0.15, -0.1) is 11.8 Å². The highest BCUT2D eigenvalue weighted by Crippen LogP contribution is 2.31. The van der Waals surface area contributed by atoms with Crippen molar-refractivity contribution in [2.75, 3.05) is 20.0 Å². The normalized spacial score (nSPS) is 17.2. The molecule has 2 rings (SSSR count). The number of benzene rings is 1. The molecular weight excluding hydrogens is 272 g/mol. The maximum Gasteiger partial charge on any atom is 0.305 e. The first kappa shape index (κ1) is 15.0. The van der Waals surface area contributed by atoms with Crippen LogP contribution in [0.3, 0.4) is 0 Å². The van der Waals surface area contributed by atoms with Crippen molar-refractivity contribution in [2.45, 2.75) is 30.6 Å². The highest BCUT2D eigenvalue weighted by Gasteiger charge is 2.10. The smallest absolute Gasteiger partial charge is 0.305 e. The summed E-state index contributed by atoms with van der Waals surface area (Å²) in [6.45, 7) is 0. The third kappa shape index (κ3) is 4.04. The van der Waals surface area contributed by atoms with Gasteiger partial charge in [0.2, 0.25) is 0 Å². The van der Waals surface area contributed by atoms with Gasteiger partial charge in [0.1, 0.15) is 5.75 Å². The van der Waals surface area contributed by atoms with Gasteiger partial charge in [0.15, 0.2) is 0 Å². The average Bonchev–Trinajstić information content (AvgIpc) is 2.46. The second-order valence-electron chi connectivity index (χ2n) is 4.71. The fraction of sp³-hybridized carbons (Fsp3) is 0.438. The second kappa shape index (κ2) is 7.39. The minimum atomic E-state index is -0.136. The monoisotopic (exact) mass is 292 g/mol. The van der Waals surface area contributed by atoms with E-state index >= 15 is 0 Å². The van der Waals surface area contributed by atoms with Gasteiger partial charge < -0.3 is 9.47 Å². The first-order valence-electron chi connectivity index (χ1n) is 6.77. The average molecular weight is 292 g/mol. The fourth-order valence-corrected chi connectivity index (χ4v) is 3.30. The van der Waals surface area contributed by atoms with Crippen molar-refractivity contribution >= 4 is 17.7 Å². The van der Waals surface area contributed by atoms with E-state index in [1.807, 2.05) is 17.8 Å². The Morgan fingerprint density at radius 1 is 1.35 bits per heavy atom. The number of esters is 1. The Morgan fingerprint density at radius 3 is 2.95 bits per heavy atom. The van der Waals surface area contributed by atoms with Crippen LogP contribution in [0.1, 0.15) is 24.8 Å². The largest absolute Gasteiger partial charge is 0.497 e. The molecule has 0 saturated carbocycles. The molecule has 1 aromatic carbocycles. The van der Waals surface area contributed by atoms with E-state index in [0.717, 1.165) is 30.8 Å². The van der Waals surface area contributed by atoms with Gasteiger partial charge in [-0.2, -0.15) is 0 Å². The third-order valence-electron chi connectivity index (χ3n) is 3.44. The first-order chi connectivity index (χ1) is 9.72. The summed E-state index contributed by atoms with van der Waals surface area (Å²) in [5.74, 6) is 1.81. The van der Waals surface area contributed by atoms with Crippen LogP contribution >= 0.6 is 11.8 Å². The van der Waals surface area contributed by atoms with Crippen molar-refractivity contribution in [1.29, 1.82) is 0 Å². The topological polar surface area (TPSA) is 35.5 Å². The van der Waals surface area contributed by atoms with Gasteiger partial charge in [-0.1, -0.05) is 11.6 Å². The lowest BCUT2D eigenvalue weighted by molar-refractivity contribution is -0.140. The van der Waals surface area contributed by atoms with E-state index in [4.69, 9.17) is 9.47 Å². The molecule has 0 atom stereocenters. The first-order valence-corrected chi connectivity index (χ1v) is 7.76. The van der Waals surface area contributed by atoms with Crippen LogP contribution in [-0.2, 0) is 16.0 Å². The van der Waals surface area contributed by atoms with Crippen molar-refractivity contribution in [2.24, 2.45) is 0 Å². The molecule has 0 unspecified atom stereocenters. The molecule has 1 aliphatic rings. The standard InChI is InChI=1S/C16H20O3S/c1-18-14-6-7-15-13(11-14)5-3-12(9-10-20-15)4-8-16(17)19-2/h3,6-7,11H,4-5,8-10H2,1-2H3/b12-3-. The Bertz CT molecular complexity index is 508. The van der Waals surface area contributed by atoms with Gasteiger partial charge in [-0.25, -0.2) is 0 Å². The third-order valence-corrected chi connectivity index (χ3v) is 4.55. The Labute approximate surface area is 124 Å². The molecule has 1 aromatic rings. The lowest BCUT2D eigenvalue weighted by Gasteiger charge is -2.15. The summed E-state index contributed by atoms with van der Waals surface area (Å²) in [6, 6.07) is 6.24. The van der Waals surface area contributed by atoms with E-state index in [-0.39, 0.29) is 5.97 Å². The fourth-order valence-electron chi connectivity index (χ4n) is 2.22. The van der Waals surface area contributed by atoms with Crippen LogP contribution in [0, 0.1) is 0 Å². The summed E-state index contributed by atoms with van der Waals surface area (Å²) in [5, 5.41) is 0. The Morgan fingerprint density at radius 2 is 2.20 bits per heavy atom. The Kier molecular flexibility index (Phi) is 5.53. The van der Waals surface area contributed by atoms with Crippen LogP contribution in [0.4, 0.5) is 0 Å². The van der Waals surface area contributed by atoms with Crippen LogP contribution in [0.5, 0.6) is 5.75 Å². The van der Waals surface area contributed by atoms with Crippen molar-refractivity contribution in [3.8, 4) is 5.75 Å². The predicted molar refractivity (Wildman–Crippen MR) is 81.4 cm³/mol. The van der Waals surface area contributed by atoms with Crippen molar-refractivity contribution in [3.05, 3.63) is 35.4 Å². The molecule has 20 heavy (non-hydrogen) atoms. The Hall–Kier alpha value is -1.42. The van der Waals surface area contributed by atoms with Crippen molar-refractivity contribution in [1.82, 2.24) is 0 Å². The van der Waals surface area contributed by atoms with Crippen molar-refractivity contribution in [3.63, 3.8) is 0 Å². The number of ether oxygens (including phenoxy) is 2. The number of methoxy groups -OCH3 is 2. The molecule has 0 spiro atoms. The minimum absolute atomic E-state index is 0.136. The summed E-state index contributed by atoms with van der Waals surface area (Å²) in [4.78, 5) is 12.5. The van der Waals surface area contributed by atoms with Gasteiger partial charge in [0.25, 0.3) is 0 Å². The van der Waals surface area contributed by atoms with Crippen molar-refractivity contribution < 1.29 is 14.3 Å². The minimum Gasteiger partial charge on any atom is -0.497 e. The number of hydrogen-bond donors (Lipinski definition) is 0. The number of fused-ring (bicyclic) bond motifs is 1. The molecule has 0 bridgehead atoms. The molecule has 1 heterocycles. The zero-order valence-corrected chi connectivity index (χ0v) is 12.8. The van der Waals surface area contributed by atoms with Gasteiger partial charge in [-0.3, -0.25) is 4.79 Å². The van der Waals surface area contributed by atoms with E-state index in [2.05, 4.69) is 18.2 Å². The van der Waals surface area contributed by atoms with E-state index in [1.54, 1.807) is 7.11 Å². The zero-order valence-electron chi connectivity index (χ0n) is 12.0. The molecule has 0 amide bonds. The van der Waals surface area contributed by atoms with Crippen LogP contribution < -0.4 is 4.74 Å². The number of rotatable bonds is 4. The van der Waals surface area contributed by atoms with Crippen LogP contribution in [0.15, 0.2) is 34.7 Å². The number of hydrogen-bond acceptors (Lipinski definition) is 4. The van der Waals surface area contributed by atoms with Crippen LogP contribution in [0.2, 0.25) is 0 Å².